The Labute approximate surface area is 164 Å². The molecule has 4 rings (SSSR count). The lowest BCUT2D eigenvalue weighted by molar-refractivity contribution is 0.0621. The Kier molecular flexibility index (Phi) is 4.99. The zero-order valence-electron chi connectivity index (χ0n) is 16.3. The summed E-state index contributed by atoms with van der Waals surface area (Å²) in [5.41, 5.74) is 1.57. The second-order valence-corrected chi connectivity index (χ2v) is 8.01. The fraction of sp³-hybridized carbons (Fsp3) is 0.348. The Balaban J connectivity index is 1.80. The van der Waals surface area contributed by atoms with Crippen LogP contribution in [-0.2, 0) is 6.54 Å². The molecule has 5 nitrogen and oxygen atoms in total. The highest BCUT2D eigenvalue weighted by atomic mass is 16.2. The molecule has 0 saturated carbocycles. The number of aromatic nitrogens is 2. The van der Waals surface area contributed by atoms with E-state index in [-0.39, 0.29) is 17.0 Å². The summed E-state index contributed by atoms with van der Waals surface area (Å²) in [7, 11) is 0. The SMILES string of the molecule is C[C@@H]1C[C@@H](C)CN(C(=O)c2cc3cccnc3n(Cc3ccccc3)c2=O)C1. The first-order chi connectivity index (χ1) is 13.5. The predicted octanol–water partition coefficient (Wildman–Crippen LogP) is 3.56. The minimum atomic E-state index is -0.272. The first-order valence-electron chi connectivity index (χ1n) is 9.84. The standard InChI is InChI=1S/C23H25N3O2/c1-16-11-17(2)14-25(13-16)22(27)20-12-19-9-6-10-24-21(19)26(23(20)28)15-18-7-4-3-5-8-18/h3-10,12,16-17H,11,13-15H2,1-2H3/t16-,17-/m1/s1. The van der Waals surface area contributed by atoms with Crippen LogP contribution in [0.2, 0.25) is 0 Å². The van der Waals surface area contributed by atoms with Gasteiger partial charge in [0.15, 0.2) is 0 Å². The van der Waals surface area contributed by atoms with Crippen molar-refractivity contribution >= 4 is 16.9 Å². The first kappa shape index (κ1) is 18.4. The van der Waals surface area contributed by atoms with Gasteiger partial charge in [-0.25, -0.2) is 4.98 Å². The molecule has 0 aliphatic carbocycles. The number of carbonyl (C=O) groups is 1. The van der Waals surface area contributed by atoms with Crippen LogP contribution in [0.5, 0.6) is 0 Å². The summed E-state index contributed by atoms with van der Waals surface area (Å²) in [6.45, 7) is 6.11. The van der Waals surface area contributed by atoms with Gasteiger partial charge >= 0.3 is 0 Å². The van der Waals surface area contributed by atoms with Crippen molar-refractivity contribution in [1.29, 1.82) is 0 Å². The van der Waals surface area contributed by atoms with Crippen LogP contribution < -0.4 is 5.56 Å². The summed E-state index contributed by atoms with van der Waals surface area (Å²) in [5.74, 6) is 0.721. The van der Waals surface area contributed by atoms with Crippen LogP contribution >= 0.6 is 0 Å². The van der Waals surface area contributed by atoms with Gasteiger partial charge in [0.2, 0.25) is 0 Å². The monoisotopic (exact) mass is 375 g/mol. The molecular formula is C23H25N3O2. The van der Waals surface area contributed by atoms with Crippen LogP contribution in [0.4, 0.5) is 0 Å². The number of hydrogen-bond acceptors (Lipinski definition) is 3. The van der Waals surface area contributed by atoms with Gasteiger partial charge in [0.1, 0.15) is 11.2 Å². The van der Waals surface area contributed by atoms with Gasteiger partial charge in [0, 0.05) is 24.7 Å². The molecule has 2 atom stereocenters. The van der Waals surface area contributed by atoms with E-state index in [0.29, 0.717) is 37.1 Å². The average Bonchev–Trinajstić information content (AvgIpc) is 2.69. The van der Waals surface area contributed by atoms with Crippen LogP contribution in [0.1, 0.15) is 36.2 Å². The molecule has 1 fully saturated rings. The fourth-order valence-electron chi connectivity index (χ4n) is 4.27. The number of fused-ring (bicyclic) bond motifs is 1. The van der Waals surface area contributed by atoms with Gasteiger partial charge in [0.05, 0.1) is 6.54 Å². The molecule has 28 heavy (non-hydrogen) atoms. The Morgan fingerprint density at radius 3 is 2.50 bits per heavy atom. The maximum atomic E-state index is 13.3. The number of rotatable bonds is 3. The molecule has 1 aliphatic heterocycles. The van der Waals surface area contributed by atoms with Gasteiger partial charge in [-0.05, 0) is 42.0 Å². The summed E-state index contributed by atoms with van der Waals surface area (Å²) in [6, 6.07) is 15.2. The fourth-order valence-corrected chi connectivity index (χ4v) is 4.27. The van der Waals surface area contributed by atoms with E-state index in [1.807, 2.05) is 47.4 Å². The van der Waals surface area contributed by atoms with E-state index >= 15 is 0 Å². The number of likely N-dealkylation sites (tertiary alicyclic amines) is 1. The third-order valence-corrected chi connectivity index (χ3v) is 5.42. The highest BCUT2D eigenvalue weighted by Crippen LogP contribution is 2.23. The molecule has 3 heterocycles. The summed E-state index contributed by atoms with van der Waals surface area (Å²) < 4.78 is 1.62. The van der Waals surface area contributed by atoms with Crippen molar-refractivity contribution < 1.29 is 4.79 Å². The van der Waals surface area contributed by atoms with E-state index in [0.717, 1.165) is 17.4 Å². The van der Waals surface area contributed by atoms with Crippen molar-refractivity contribution in [3.63, 3.8) is 0 Å². The van der Waals surface area contributed by atoms with E-state index in [1.165, 1.54) is 0 Å². The van der Waals surface area contributed by atoms with Crippen LogP contribution in [0, 0.1) is 11.8 Å². The quantitative estimate of drug-likeness (QED) is 0.703. The Bertz CT molecular complexity index is 1050. The zero-order valence-corrected chi connectivity index (χ0v) is 16.3. The molecule has 1 aliphatic rings. The summed E-state index contributed by atoms with van der Waals surface area (Å²) in [5, 5.41) is 0.805. The van der Waals surface area contributed by atoms with Crippen molar-refractivity contribution in [2.24, 2.45) is 11.8 Å². The molecule has 3 aromatic rings. The molecule has 144 valence electrons. The first-order valence-corrected chi connectivity index (χ1v) is 9.84. The van der Waals surface area contributed by atoms with Gasteiger partial charge in [-0.3, -0.25) is 14.2 Å². The summed E-state index contributed by atoms with van der Waals surface area (Å²) in [6.07, 6.45) is 2.79. The Hall–Kier alpha value is -2.95. The van der Waals surface area contributed by atoms with Gasteiger partial charge in [-0.2, -0.15) is 0 Å². The highest BCUT2D eigenvalue weighted by molar-refractivity contribution is 5.97. The Morgan fingerprint density at radius 1 is 1.07 bits per heavy atom. The Morgan fingerprint density at radius 2 is 1.79 bits per heavy atom. The van der Waals surface area contributed by atoms with E-state index in [9.17, 15) is 9.59 Å². The minimum Gasteiger partial charge on any atom is -0.338 e. The smallest absolute Gasteiger partial charge is 0.265 e. The molecule has 1 amide bonds. The van der Waals surface area contributed by atoms with Crippen molar-refractivity contribution in [3.05, 3.63) is 76.2 Å². The number of benzene rings is 1. The number of nitrogens with zero attached hydrogens (tertiary/aromatic N) is 3. The maximum absolute atomic E-state index is 13.3. The van der Waals surface area contributed by atoms with Gasteiger partial charge < -0.3 is 4.90 Å². The third-order valence-electron chi connectivity index (χ3n) is 5.42. The lowest BCUT2D eigenvalue weighted by Gasteiger charge is -2.35. The van der Waals surface area contributed by atoms with E-state index < -0.39 is 0 Å². The molecule has 1 aromatic carbocycles. The lowest BCUT2D eigenvalue weighted by Crippen LogP contribution is -2.44. The number of hydrogen-bond donors (Lipinski definition) is 0. The van der Waals surface area contributed by atoms with Crippen LogP contribution in [0.3, 0.4) is 0 Å². The topological polar surface area (TPSA) is 55.2 Å². The van der Waals surface area contributed by atoms with Crippen molar-refractivity contribution in [1.82, 2.24) is 14.5 Å². The minimum absolute atomic E-state index is 0.170. The second kappa shape index (κ2) is 7.58. The maximum Gasteiger partial charge on any atom is 0.265 e. The predicted molar refractivity (Wildman–Crippen MR) is 110 cm³/mol. The van der Waals surface area contributed by atoms with Gasteiger partial charge in [-0.15, -0.1) is 0 Å². The van der Waals surface area contributed by atoms with Crippen LogP contribution in [0.15, 0.2) is 59.5 Å². The molecular weight excluding hydrogens is 350 g/mol. The number of amides is 1. The molecule has 0 unspecified atom stereocenters. The largest absolute Gasteiger partial charge is 0.338 e. The molecule has 0 N–H and O–H groups in total. The summed E-state index contributed by atoms with van der Waals surface area (Å²) >= 11 is 0. The molecule has 1 saturated heterocycles. The van der Waals surface area contributed by atoms with E-state index in [2.05, 4.69) is 18.8 Å². The van der Waals surface area contributed by atoms with Crippen LogP contribution in [0.25, 0.3) is 11.0 Å². The lowest BCUT2D eigenvalue weighted by atomic mass is 9.91. The normalized spacial score (nSPS) is 19.7. The number of carbonyl (C=O) groups excluding carboxylic acids is 1. The zero-order chi connectivity index (χ0) is 19.7. The van der Waals surface area contributed by atoms with E-state index in [4.69, 9.17) is 0 Å². The second-order valence-electron chi connectivity index (χ2n) is 8.01. The average molecular weight is 375 g/mol. The van der Waals surface area contributed by atoms with E-state index in [1.54, 1.807) is 16.8 Å². The molecule has 5 heteroatoms. The molecule has 0 spiro atoms. The van der Waals surface area contributed by atoms with Crippen molar-refractivity contribution in [2.45, 2.75) is 26.8 Å². The van der Waals surface area contributed by atoms with Gasteiger partial charge in [-0.1, -0.05) is 44.2 Å². The molecule has 0 bridgehead atoms. The number of pyridine rings is 2. The van der Waals surface area contributed by atoms with Crippen molar-refractivity contribution in [3.8, 4) is 0 Å². The van der Waals surface area contributed by atoms with Crippen molar-refractivity contribution in [2.75, 3.05) is 13.1 Å². The molecule has 2 aromatic heterocycles. The molecule has 0 radical (unpaired) electrons. The third kappa shape index (κ3) is 3.57. The van der Waals surface area contributed by atoms with Gasteiger partial charge in [0.25, 0.3) is 11.5 Å². The number of piperidine rings is 1. The summed E-state index contributed by atoms with van der Waals surface area (Å²) in [4.78, 5) is 32.8. The highest BCUT2D eigenvalue weighted by Gasteiger charge is 2.28. The van der Waals surface area contributed by atoms with Crippen LogP contribution in [-0.4, -0.2) is 33.4 Å².